The molecular weight excluding hydrogens is 915 g/mol. The smallest absolute Gasteiger partial charge is 0.0720 e. The van der Waals surface area contributed by atoms with Crippen LogP contribution < -0.4 is 0 Å². The summed E-state index contributed by atoms with van der Waals surface area (Å²) in [5, 5.41) is 8.84. The number of nitrogens with zero attached hydrogens (tertiary/aromatic N) is 3. The second kappa shape index (κ2) is 15.4. The van der Waals surface area contributed by atoms with Crippen LogP contribution in [0.25, 0.3) is 82.5 Å². The molecule has 0 saturated heterocycles. The van der Waals surface area contributed by atoms with E-state index in [4.69, 9.17) is 69.6 Å². The first-order chi connectivity index (χ1) is 31.3. The minimum absolute atomic E-state index is 0.358. The number of rotatable bonds is 6. The van der Waals surface area contributed by atoms with Gasteiger partial charge in [-0.1, -0.05) is 179 Å². The van der Waals surface area contributed by atoms with Crippen LogP contribution in [-0.2, 0) is 0 Å². The Bertz CT molecular complexity index is 3260. The SMILES string of the molecule is Clc1cc(-n2c3ccccc3c3ccccc32)cc(Cl)c1[C](c1c(Cl)cc(-n2c3ccccc3c3ccccc32)cc1Cl)c1c(Cl)cc(-n2c3ccccc3c3ccccc32)cc1Cl. The standard InChI is InChI=1S/C55H30Cl6N3/c56-40-25-31(62-46-19-7-1-13-34(46)35-14-2-8-20-47(35)62)26-41(57)52(40)55(53-42(58)27-32(28-43(53)59)63-48-21-9-3-15-36(48)37-16-4-10-22-49(37)63)54-44(60)29-33(30-45(54)61)64-50-23-11-5-17-38(50)39-18-6-12-24-51(39)64/h1-30H. The minimum Gasteiger partial charge on any atom is -0.309 e. The number of halogens is 6. The molecule has 0 aliphatic rings. The highest BCUT2D eigenvalue weighted by molar-refractivity contribution is 6.41. The van der Waals surface area contributed by atoms with E-state index in [1.165, 1.54) is 0 Å². The molecule has 9 heteroatoms. The molecule has 0 atom stereocenters. The first-order valence-corrected chi connectivity index (χ1v) is 22.8. The molecule has 0 spiro atoms. The first-order valence-electron chi connectivity index (χ1n) is 20.6. The van der Waals surface area contributed by atoms with Crippen molar-refractivity contribution in [1.82, 2.24) is 13.7 Å². The maximum absolute atomic E-state index is 7.55. The molecule has 0 aliphatic carbocycles. The second-order valence-electron chi connectivity index (χ2n) is 15.8. The maximum atomic E-state index is 7.55. The van der Waals surface area contributed by atoms with Gasteiger partial charge in [0.1, 0.15) is 0 Å². The summed E-state index contributed by atoms with van der Waals surface area (Å²) in [7, 11) is 0. The predicted molar refractivity (Wildman–Crippen MR) is 273 cm³/mol. The van der Waals surface area contributed by atoms with Gasteiger partial charge < -0.3 is 13.7 Å². The van der Waals surface area contributed by atoms with Crippen molar-refractivity contribution < 1.29 is 0 Å². The van der Waals surface area contributed by atoms with Crippen molar-refractivity contribution in [2.75, 3.05) is 0 Å². The number of hydrogen-bond acceptors (Lipinski definition) is 0. The molecule has 307 valence electrons. The van der Waals surface area contributed by atoms with E-state index in [1.54, 1.807) is 0 Å². The number of para-hydroxylation sites is 6. The third-order valence-electron chi connectivity index (χ3n) is 12.3. The number of aromatic nitrogens is 3. The predicted octanol–water partition coefficient (Wildman–Crippen LogP) is 17.9. The van der Waals surface area contributed by atoms with Gasteiger partial charge in [-0.2, -0.15) is 0 Å². The molecule has 9 aromatic carbocycles. The van der Waals surface area contributed by atoms with Gasteiger partial charge in [-0.25, -0.2) is 0 Å². The molecule has 12 aromatic rings. The third-order valence-corrected chi connectivity index (χ3v) is 14.1. The van der Waals surface area contributed by atoms with E-state index in [0.29, 0.717) is 52.7 Å². The number of hydrogen-bond donors (Lipinski definition) is 0. The lowest BCUT2D eigenvalue weighted by atomic mass is 9.84. The van der Waals surface area contributed by atoms with Crippen molar-refractivity contribution in [3.05, 3.63) is 235 Å². The summed E-state index contributed by atoms with van der Waals surface area (Å²) in [6, 6.07) is 61.3. The van der Waals surface area contributed by atoms with E-state index >= 15 is 0 Å². The van der Waals surface area contributed by atoms with E-state index in [9.17, 15) is 0 Å². The van der Waals surface area contributed by atoms with Crippen LogP contribution in [0.3, 0.4) is 0 Å². The summed E-state index contributed by atoms with van der Waals surface area (Å²) < 4.78 is 6.52. The molecule has 0 fully saturated rings. The van der Waals surface area contributed by atoms with Crippen molar-refractivity contribution in [1.29, 1.82) is 0 Å². The van der Waals surface area contributed by atoms with Gasteiger partial charge in [-0.15, -0.1) is 0 Å². The van der Waals surface area contributed by atoms with Gasteiger partial charge in [0.05, 0.1) is 39.0 Å². The van der Waals surface area contributed by atoms with Crippen molar-refractivity contribution in [3.63, 3.8) is 0 Å². The van der Waals surface area contributed by atoms with E-state index in [0.717, 1.165) is 82.5 Å². The van der Waals surface area contributed by atoms with Crippen LogP contribution in [0.4, 0.5) is 0 Å². The van der Waals surface area contributed by atoms with Gasteiger partial charge >= 0.3 is 0 Å². The van der Waals surface area contributed by atoms with Crippen molar-refractivity contribution in [2.45, 2.75) is 0 Å². The van der Waals surface area contributed by atoms with Crippen LogP contribution in [0, 0.1) is 5.92 Å². The van der Waals surface area contributed by atoms with E-state index < -0.39 is 0 Å². The average Bonchev–Trinajstić information content (AvgIpc) is 3.94. The molecule has 3 heterocycles. The summed E-state index contributed by atoms with van der Waals surface area (Å²) in [5.74, 6) is 0.497. The summed E-state index contributed by atoms with van der Waals surface area (Å²) >= 11 is 45.3. The Morgan fingerprint density at radius 1 is 0.250 bits per heavy atom. The molecule has 3 nitrogen and oxygen atoms in total. The van der Waals surface area contributed by atoms with Gasteiger partial charge in [0, 0.05) is 96.2 Å². The van der Waals surface area contributed by atoms with Crippen LogP contribution in [0.15, 0.2) is 182 Å². The van der Waals surface area contributed by atoms with Gasteiger partial charge in [0.2, 0.25) is 0 Å². The van der Waals surface area contributed by atoms with Crippen LogP contribution >= 0.6 is 69.6 Å². The zero-order valence-corrected chi connectivity index (χ0v) is 38.0. The average molecular weight is 946 g/mol. The Labute approximate surface area is 397 Å². The highest BCUT2D eigenvalue weighted by Gasteiger charge is 2.33. The van der Waals surface area contributed by atoms with E-state index in [1.807, 2.05) is 109 Å². The van der Waals surface area contributed by atoms with Gasteiger partial charge in [-0.05, 0) is 72.8 Å². The quantitative estimate of drug-likeness (QED) is 0.148. The fraction of sp³-hybridized carbons (Fsp3) is 0. The van der Waals surface area contributed by atoms with Crippen molar-refractivity contribution >= 4 is 135 Å². The molecule has 0 saturated carbocycles. The van der Waals surface area contributed by atoms with Crippen molar-refractivity contribution in [3.8, 4) is 17.1 Å². The molecule has 3 aromatic heterocycles. The molecule has 1 radical (unpaired) electrons. The minimum atomic E-state index is 0.358. The highest BCUT2D eigenvalue weighted by Crippen LogP contribution is 2.51. The van der Waals surface area contributed by atoms with E-state index in [2.05, 4.69) is 86.5 Å². The molecule has 12 rings (SSSR count). The second-order valence-corrected chi connectivity index (χ2v) is 18.3. The Morgan fingerprint density at radius 3 is 0.609 bits per heavy atom. The molecule has 0 N–H and O–H groups in total. The summed E-state index contributed by atoms with van der Waals surface area (Å²) in [4.78, 5) is 0. The lowest BCUT2D eigenvalue weighted by molar-refractivity contribution is 1.14. The van der Waals surface area contributed by atoms with Crippen LogP contribution in [0.2, 0.25) is 30.1 Å². The molecular formula is C55H30Cl6N3. The van der Waals surface area contributed by atoms with Crippen LogP contribution in [0.5, 0.6) is 0 Å². The maximum Gasteiger partial charge on any atom is 0.0720 e. The number of fused-ring (bicyclic) bond motifs is 9. The summed E-state index contributed by atoms with van der Waals surface area (Å²) in [6.45, 7) is 0. The molecule has 0 bridgehead atoms. The van der Waals surface area contributed by atoms with Crippen LogP contribution in [0.1, 0.15) is 16.7 Å². The van der Waals surface area contributed by atoms with Crippen molar-refractivity contribution in [2.24, 2.45) is 0 Å². The normalized spacial score (nSPS) is 12.0. The summed E-state index contributed by atoms with van der Waals surface area (Å²) in [6.07, 6.45) is 0. The van der Waals surface area contributed by atoms with Crippen LogP contribution in [-0.4, -0.2) is 13.7 Å². The molecule has 0 aliphatic heterocycles. The fourth-order valence-electron chi connectivity index (χ4n) is 9.76. The monoisotopic (exact) mass is 942 g/mol. The topological polar surface area (TPSA) is 14.8 Å². The Kier molecular flexibility index (Phi) is 9.54. The fourth-order valence-corrected chi connectivity index (χ4v) is 11.8. The summed E-state index contributed by atoms with van der Waals surface area (Å²) in [5.41, 5.74) is 9.92. The Morgan fingerprint density at radius 2 is 0.422 bits per heavy atom. The highest BCUT2D eigenvalue weighted by atomic mass is 35.5. The lowest BCUT2D eigenvalue weighted by Gasteiger charge is -2.26. The Hall–Kier alpha value is -5.88. The largest absolute Gasteiger partial charge is 0.309 e. The molecule has 0 amide bonds. The van der Waals surface area contributed by atoms with Gasteiger partial charge in [0.25, 0.3) is 0 Å². The molecule has 0 unspecified atom stereocenters. The van der Waals surface area contributed by atoms with Gasteiger partial charge in [0.15, 0.2) is 0 Å². The number of benzene rings is 9. The third kappa shape index (κ3) is 6.03. The van der Waals surface area contributed by atoms with Gasteiger partial charge in [-0.3, -0.25) is 0 Å². The first kappa shape index (κ1) is 39.7. The molecule has 64 heavy (non-hydrogen) atoms. The Balaban J connectivity index is 1.10. The zero-order valence-electron chi connectivity index (χ0n) is 33.4. The lowest BCUT2D eigenvalue weighted by Crippen LogP contribution is -2.11. The zero-order chi connectivity index (χ0) is 43.4. The van der Waals surface area contributed by atoms with E-state index in [-0.39, 0.29) is 0 Å².